The Hall–Kier alpha value is -2.51. The van der Waals surface area contributed by atoms with E-state index in [1.54, 1.807) is 24.3 Å². The minimum Gasteiger partial charge on any atom is -0.495 e. The number of amides is 2. The third-order valence-corrected chi connectivity index (χ3v) is 5.23. The Morgan fingerprint density at radius 3 is 2.76 bits per heavy atom. The van der Waals surface area contributed by atoms with E-state index in [9.17, 15) is 19.5 Å². The summed E-state index contributed by atoms with van der Waals surface area (Å²) in [6, 6.07) is 4.63. The first-order chi connectivity index (χ1) is 11.9. The van der Waals surface area contributed by atoms with Gasteiger partial charge in [0.2, 0.25) is 11.8 Å². The van der Waals surface area contributed by atoms with Crippen molar-refractivity contribution in [2.24, 2.45) is 11.8 Å². The van der Waals surface area contributed by atoms with Gasteiger partial charge in [0.05, 0.1) is 37.3 Å². The predicted molar refractivity (Wildman–Crippen MR) is 86.3 cm³/mol. The molecule has 1 aromatic carbocycles. The van der Waals surface area contributed by atoms with Gasteiger partial charge in [-0.15, -0.1) is 0 Å². The van der Waals surface area contributed by atoms with Crippen LogP contribution in [-0.2, 0) is 14.3 Å². The lowest BCUT2D eigenvalue weighted by Gasteiger charge is -2.26. The highest BCUT2D eigenvalue weighted by Gasteiger charge is 2.67. The number of aliphatic hydroxyl groups excluding tert-OH is 1. The molecule has 4 rings (SSSR count). The normalized spacial score (nSPS) is 32.4. The third-order valence-electron chi connectivity index (χ3n) is 5.23. The van der Waals surface area contributed by atoms with Crippen molar-refractivity contribution in [1.82, 2.24) is 0 Å². The van der Waals surface area contributed by atoms with Crippen LogP contribution >= 0.6 is 0 Å². The first-order valence-electron chi connectivity index (χ1n) is 7.98. The van der Waals surface area contributed by atoms with Crippen LogP contribution in [-0.4, -0.2) is 48.1 Å². The molecule has 2 fully saturated rings. The summed E-state index contributed by atoms with van der Waals surface area (Å²) in [5, 5.41) is 9.74. The summed E-state index contributed by atoms with van der Waals surface area (Å²) in [6.45, 7) is 1.03. The summed E-state index contributed by atoms with van der Waals surface area (Å²) in [7, 11) is 1.43. The van der Waals surface area contributed by atoms with E-state index in [4.69, 9.17) is 9.47 Å². The summed E-state index contributed by atoms with van der Waals surface area (Å²) >= 11 is 0. The van der Waals surface area contributed by atoms with Crippen molar-refractivity contribution in [1.29, 1.82) is 0 Å². The van der Waals surface area contributed by atoms with E-state index in [1.165, 1.54) is 20.1 Å². The average Bonchev–Trinajstić information content (AvgIpc) is 3.25. The molecule has 3 heterocycles. The molecule has 3 aliphatic heterocycles. The number of nitrogens with zero attached hydrogens (tertiary/aromatic N) is 1. The maximum absolute atomic E-state index is 13.0. The van der Waals surface area contributed by atoms with Crippen LogP contribution < -0.4 is 9.64 Å². The molecular formula is C18H17NO6. The molecule has 1 aromatic rings. The van der Waals surface area contributed by atoms with Crippen LogP contribution in [0.15, 0.2) is 30.4 Å². The molecule has 7 heteroatoms. The highest BCUT2D eigenvalue weighted by atomic mass is 16.5. The molecule has 25 heavy (non-hydrogen) atoms. The van der Waals surface area contributed by atoms with Crippen molar-refractivity contribution < 1.29 is 29.0 Å². The number of hydrogen-bond donors (Lipinski definition) is 1. The number of aliphatic hydroxyl groups is 1. The number of hydrogen-bond acceptors (Lipinski definition) is 6. The quantitative estimate of drug-likeness (QED) is 0.491. The lowest BCUT2D eigenvalue weighted by molar-refractivity contribution is -0.128. The lowest BCUT2D eigenvalue weighted by atomic mass is 9.77. The summed E-state index contributed by atoms with van der Waals surface area (Å²) in [6.07, 6.45) is 2.85. The summed E-state index contributed by atoms with van der Waals surface area (Å²) < 4.78 is 11.0. The molecule has 1 N–H and O–H groups in total. The van der Waals surface area contributed by atoms with E-state index in [1.807, 2.05) is 0 Å². The molecule has 0 spiro atoms. The van der Waals surface area contributed by atoms with Crippen LogP contribution in [0.3, 0.4) is 0 Å². The zero-order chi connectivity index (χ0) is 17.9. The van der Waals surface area contributed by atoms with Crippen LogP contribution in [0.25, 0.3) is 0 Å². The number of anilines is 1. The zero-order valence-corrected chi connectivity index (χ0v) is 13.8. The topological polar surface area (TPSA) is 93.1 Å². The Morgan fingerprint density at radius 2 is 2.12 bits per heavy atom. The molecule has 130 valence electrons. The zero-order valence-electron chi connectivity index (χ0n) is 13.8. The van der Waals surface area contributed by atoms with Gasteiger partial charge in [0.1, 0.15) is 11.4 Å². The van der Waals surface area contributed by atoms with Crippen molar-refractivity contribution in [3.05, 3.63) is 35.9 Å². The minimum absolute atomic E-state index is 0.180. The number of fused-ring (bicyclic) bond motifs is 5. The van der Waals surface area contributed by atoms with Gasteiger partial charge in [-0.3, -0.25) is 14.4 Å². The van der Waals surface area contributed by atoms with Crippen molar-refractivity contribution in [3.63, 3.8) is 0 Å². The Morgan fingerprint density at radius 1 is 1.36 bits per heavy atom. The van der Waals surface area contributed by atoms with Crippen LogP contribution in [0.2, 0.25) is 0 Å². The second kappa shape index (κ2) is 5.24. The molecule has 0 aromatic heterocycles. The number of carbonyl (C=O) groups excluding carboxylic acids is 3. The number of Topliss-reactive ketones (excluding diaryl/α,β-unsaturated/α-hetero) is 1. The van der Waals surface area contributed by atoms with E-state index in [0.717, 1.165) is 4.90 Å². The molecule has 3 aliphatic rings. The monoisotopic (exact) mass is 343 g/mol. The third kappa shape index (κ3) is 1.96. The molecule has 2 saturated heterocycles. The molecule has 2 bridgehead atoms. The number of imide groups is 1. The second-order valence-electron chi connectivity index (χ2n) is 6.51. The van der Waals surface area contributed by atoms with Crippen molar-refractivity contribution >= 4 is 23.3 Å². The van der Waals surface area contributed by atoms with Crippen LogP contribution in [0.4, 0.5) is 5.69 Å². The van der Waals surface area contributed by atoms with Crippen molar-refractivity contribution in [2.75, 3.05) is 18.6 Å². The number of benzene rings is 1. The number of ketones is 1. The van der Waals surface area contributed by atoms with E-state index < -0.39 is 35.4 Å². The summed E-state index contributed by atoms with van der Waals surface area (Å²) in [5.41, 5.74) is -0.530. The van der Waals surface area contributed by atoms with Crippen LogP contribution in [0.5, 0.6) is 5.75 Å². The van der Waals surface area contributed by atoms with Gasteiger partial charge in [-0.25, -0.2) is 4.90 Å². The number of ether oxygens (including phenoxy) is 2. The smallest absolute Gasteiger partial charge is 0.241 e. The predicted octanol–water partition coefficient (Wildman–Crippen LogP) is 0.703. The average molecular weight is 343 g/mol. The van der Waals surface area contributed by atoms with E-state index in [0.29, 0.717) is 11.3 Å². The van der Waals surface area contributed by atoms with Gasteiger partial charge < -0.3 is 14.6 Å². The fourth-order valence-electron chi connectivity index (χ4n) is 4.01. The lowest BCUT2D eigenvalue weighted by Crippen LogP contribution is -2.43. The van der Waals surface area contributed by atoms with E-state index >= 15 is 0 Å². The Kier molecular flexibility index (Phi) is 3.35. The summed E-state index contributed by atoms with van der Waals surface area (Å²) in [4.78, 5) is 38.8. The van der Waals surface area contributed by atoms with E-state index in [-0.39, 0.29) is 18.1 Å². The first-order valence-corrected chi connectivity index (χ1v) is 7.98. The maximum Gasteiger partial charge on any atom is 0.241 e. The second-order valence-corrected chi connectivity index (χ2v) is 6.51. The molecular weight excluding hydrogens is 326 g/mol. The molecule has 2 amide bonds. The Labute approximate surface area is 143 Å². The number of methoxy groups -OCH3 is 1. The Bertz CT molecular complexity index is 831. The molecule has 0 saturated carbocycles. The minimum atomic E-state index is -1.15. The van der Waals surface area contributed by atoms with E-state index in [2.05, 4.69) is 0 Å². The van der Waals surface area contributed by atoms with Crippen molar-refractivity contribution in [3.8, 4) is 5.75 Å². The van der Waals surface area contributed by atoms with Crippen LogP contribution in [0.1, 0.15) is 17.3 Å². The van der Waals surface area contributed by atoms with Gasteiger partial charge in [-0.1, -0.05) is 12.2 Å². The van der Waals surface area contributed by atoms with Gasteiger partial charge in [0.15, 0.2) is 5.78 Å². The number of rotatable bonds is 4. The summed E-state index contributed by atoms with van der Waals surface area (Å²) in [5.74, 6) is -2.15. The molecule has 7 nitrogen and oxygen atoms in total. The van der Waals surface area contributed by atoms with Gasteiger partial charge in [-0.05, 0) is 25.1 Å². The SMILES string of the molecule is COc1ccc(C(C)=O)cc1N1C(=O)C2C3C=CC(CO)(O3)C2C1=O. The molecule has 0 aliphatic carbocycles. The van der Waals surface area contributed by atoms with Crippen molar-refractivity contribution in [2.45, 2.75) is 18.6 Å². The van der Waals surface area contributed by atoms with Gasteiger partial charge in [0.25, 0.3) is 0 Å². The van der Waals surface area contributed by atoms with Crippen LogP contribution in [0, 0.1) is 11.8 Å². The largest absolute Gasteiger partial charge is 0.495 e. The first kappa shape index (κ1) is 16.0. The molecule has 4 unspecified atom stereocenters. The highest BCUT2D eigenvalue weighted by Crippen LogP contribution is 2.53. The maximum atomic E-state index is 13.0. The Balaban J connectivity index is 1.81. The van der Waals surface area contributed by atoms with Gasteiger partial charge in [-0.2, -0.15) is 0 Å². The van der Waals surface area contributed by atoms with Gasteiger partial charge in [0, 0.05) is 5.56 Å². The molecule has 4 atom stereocenters. The highest BCUT2D eigenvalue weighted by molar-refractivity contribution is 6.24. The molecule has 0 radical (unpaired) electrons. The fourth-order valence-corrected chi connectivity index (χ4v) is 4.01. The van der Waals surface area contributed by atoms with Gasteiger partial charge >= 0.3 is 0 Å². The number of carbonyl (C=O) groups is 3. The fraction of sp³-hybridized carbons (Fsp3) is 0.389. The standard InChI is InChI=1S/C18H17NO6/c1-9(21)10-3-4-12(24-2)11(7-10)19-16(22)14-13-5-6-18(8-20,25-13)15(14)17(19)23/h3-7,13-15,20H,8H2,1-2H3.